The minimum absolute atomic E-state index is 0.00172. The van der Waals surface area contributed by atoms with Gasteiger partial charge in [0.15, 0.2) is 0 Å². The number of amides is 1. The number of benzene rings is 1. The van der Waals surface area contributed by atoms with E-state index in [1.807, 2.05) is 24.4 Å². The molecule has 0 aliphatic rings. The van der Waals surface area contributed by atoms with Crippen LogP contribution in [-0.2, 0) is 0 Å². The third kappa shape index (κ3) is 3.53. The molecule has 1 unspecified atom stereocenters. The summed E-state index contributed by atoms with van der Waals surface area (Å²) in [7, 11) is 0. The number of halogens is 2. The predicted molar refractivity (Wildman–Crippen MR) is 83.3 cm³/mol. The molecule has 5 nitrogen and oxygen atoms in total. The summed E-state index contributed by atoms with van der Waals surface area (Å²) < 4.78 is 0. The maximum absolute atomic E-state index is 12.2. The van der Waals surface area contributed by atoms with Crippen molar-refractivity contribution in [1.82, 2.24) is 5.32 Å². The van der Waals surface area contributed by atoms with E-state index in [9.17, 15) is 14.9 Å². The minimum Gasteiger partial charge on any atom is -0.345 e. The van der Waals surface area contributed by atoms with E-state index in [0.29, 0.717) is 0 Å². The number of nitro benzene ring substituents is 1. The quantitative estimate of drug-likeness (QED) is 0.657. The summed E-state index contributed by atoms with van der Waals surface area (Å²) in [6.07, 6.45) is 0. The van der Waals surface area contributed by atoms with Crippen LogP contribution >= 0.6 is 34.5 Å². The average Bonchev–Trinajstić information content (AvgIpc) is 2.95. The first-order valence-corrected chi connectivity index (χ1v) is 7.51. The van der Waals surface area contributed by atoms with Crippen LogP contribution in [0.1, 0.15) is 28.2 Å². The standard InChI is InChI=1S/C13H10Cl2N2O3S/c1-7(11-3-2-4-21-11)16-13(18)9-5-8(17(19)20)6-10(14)12(9)15/h2-7H,1H3,(H,16,18). The topological polar surface area (TPSA) is 72.2 Å². The van der Waals surface area contributed by atoms with Gasteiger partial charge in [-0.2, -0.15) is 0 Å². The number of nitrogens with one attached hydrogen (secondary N) is 1. The highest BCUT2D eigenvalue weighted by molar-refractivity contribution is 7.10. The van der Waals surface area contributed by atoms with Crippen LogP contribution < -0.4 is 5.32 Å². The van der Waals surface area contributed by atoms with Crippen molar-refractivity contribution < 1.29 is 9.72 Å². The van der Waals surface area contributed by atoms with Crippen LogP contribution in [0.3, 0.4) is 0 Å². The molecule has 21 heavy (non-hydrogen) atoms. The van der Waals surface area contributed by atoms with Gasteiger partial charge in [-0.15, -0.1) is 11.3 Å². The largest absolute Gasteiger partial charge is 0.345 e. The molecule has 0 fully saturated rings. The zero-order chi connectivity index (χ0) is 15.6. The van der Waals surface area contributed by atoms with E-state index in [0.717, 1.165) is 17.0 Å². The molecular formula is C13H10Cl2N2O3S. The molecule has 0 aliphatic carbocycles. The molecule has 2 rings (SSSR count). The van der Waals surface area contributed by atoms with E-state index in [-0.39, 0.29) is 27.3 Å². The van der Waals surface area contributed by atoms with Gasteiger partial charge in [0.05, 0.1) is 26.6 Å². The van der Waals surface area contributed by atoms with Crippen molar-refractivity contribution >= 4 is 46.1 Å². The summed E-state index contributed by atoms with van der Waals surface area (Å²) in [5.41, 5.74) is -0.294. The number of non-ortho nitro benzene ring substituents is 1. The molecule has 0 radical (unpaired) electrons. The Morgan fingerprint density at radius 2 is 2.14 bits per heavy atom. The van der Waals surface area contributed by atoms with Crippen LogP contribution in [0.4, 0.5) is 5.69 Å². The number of carbonyl (C=O) groups is 1. The first-order valence-electron chi connectivity index (χ1n) is 5.88. The van der Waals surface area contributed by atoms with Crippen LogP contribution in [0.5, 0.6) is 0 Å². The highest BCUT2D eigenvalue weighted by Crippen LogP contribution is 2.31. The first kappa shape index (κ1) is 15.8. The summed E-state index contributed by atoms with van der Waals surface area (Å²) in [6.45, 7) is 1.82. The fourth-order valence-electron chi connectivity index (χ4n) is 1.73. The smallest absolute Gasteiger partial charge is 0.271 e. The molecule has 0 saturated heterocycles. The predicted octanol–water partition coefficient (Wildman–Crippen LogP) is 4.45. The number of carbonyl (C=O) groups excluding carboxylic acids is 1. The van der Waals surface area contributed by atoms with E-state index in [4.69, 9.17) is 23.2 Å². The van der Waals surface area contributed by atoms with Crippen LogP contribution in [0.15, 0.2) is 29.6 Å². The number of hydrogen-bond acceptors (Lipinski definition) is 4. The first-order chi connectivity index (χ1) is 9.90. The molecule has 1 amide bonds. The summed E-state index contributed by atoms with van der Waals surface area (Å²) >= 11 is 13.3. The van der Waals surface area contributed by atoms with Gasteiger partial charge in [0, 0.05) is 17.0 Å². The highest BCUT2D eigenvalue weighted by Gasteiger charge is 2.21. The molecule has 1 aromatic carbocycles. The summed E-state index contributed by atoms with van der Waals surface area (Å²) in [6, 6.07) is 5.76. The van der Waals surface area contributed by atoms with Crippen LogP contribution in [0, 0.1) is 10.1 Å². The Morgan fingerprint density at radius 1 is 1.43 bits per heavy atom. The molecule has 0 spiro atoms. The zero-order valence-electron chi connectivity index (χ0n) is 10.8. The summed E-state index contributed by atoms with van der Waals surface area (Å²) in [5, 5.41) is 15.4. The minimum atomic E-state index is -0.623. The van der Waals surface area contributed by atoms with Gasteiger partial charge in [-0.25, -0.2) is 0 Å². The molecule has 0 saturated carbocycles. The van der Waals surface area contributed by atoms with Crippen molar-refractivity contribution in [1.29, 1.82) is 0 Å². The van der Waals surface area contributed by atoms with E-state index < -0.39 is 10.8 Å². The SMILES string of the molecule is CC(NC(=O)c1cc([N+](=O)[O-])cc(Cl)c1Cl)c1cccs1. The molecule has 0 bridgehead atoms. The molecule has 110 valence electrons. The third-order valence-electron chi connectivity index (χ3n) is 2.79. The van der Waals surface area contributed by atoms with Crippen LogP contribution in [0.25, 0.3) is 0 Å². The van der Waals surface area contributed by atoms with E-state index in [1.165, 1.54) is 11.3 Å². The second-order valence-corrected chi connectivity index (χ2v) is 6.02. The maximum Gasteiger partial charge on any atom is 0.271 e. The van der Waals surface area contributed by atoms with Crippen molar-refractivity contribution in [2.24, 2.45) is 0 Å². The van der Waals surface area contributed by atoms with Gasteiger partial charge in [0.25, 0.3) is 11.6 Å². The van der Waals surface area contributed by atoms with Crippen LogP contribution in [-0.4, -0.2) is 10.8 Å². The lowest BCUT2D eigenvalue weighted by Crippen LogP contribution is -2.26. The summed E-state index contributed by atoms with van der Waals surface area (Å²) in [5.74, 6) is -0.508. The van der Waals surface area contributed by atoms with Gasteiger partial charge >= 0.3 is 0 Å². The Labute approximate surface area is 134 Å². The number of nitrogens with zero attached hydrogens (tertiary/aromatic N) is 1. The van der Waals surface area contributed by atoms with Crippen molar-refractivity contribution in [3.05, 3.63) is 60.2 Å². The molecule has 8 heteroatoms. The van der Waals surface area contributed by atoms with Gasteiger partial charge in [0.1, 0.15) is 0 Å². The number of hydrogen-bond donors (Lipinski definition) is 1. The second kappa shape index (κ2) is 6.43. The molecule has 1 aromatic heterocycles. The van der Waals surface area contributed by atoms with Gasteiger partial charge in [-0.1, -0.05) is 29.3 Å². The maximum atomic E-state index is 12.2. The monoisotopic (exact) mass is 344 g/mol. The fourth-order valence-corrected chi connectivity index (χ4v) is 2.87. The van der Waals surface area contributed by atoms with E-state index in [2.05, 4.69) is 5.32 Å². The Bertz CT molecular complexity index is 689. The Balaban J connectivity index is 2.28. The van der Waals surface area contributed by atoms with Crippen molar-refractivity contribution in [3.8, 4) is 0 Å². The lowest BCUT2D eigenvalue weighted by molar-refractivity contribution is -0.384. The number of thiophene rings is 1. The Kier molecular flexibility index (Phi) is 4.82. The van der Waals surface area contributed by atoms with Gasteiger partial charge < -0.3 is 5.32 Å². The lowest BCUT2D eigenvalue weighted by atomic mass is 10.1. The molecule has 1 atom stereocenters. The number of nitro groups is 1. The van der Waals surface area contributed by atoms with Crippen LogP contribution in [0.2, 0.25) is 10.0 Å². The molecular weight excluding hydrogens is 335 g/mol. The zero-order valence-corrected chi connectivity index (χ0v) is 13.1. The van der Waals surface area contributed by atoms with Gasteiger partial charge in [-0.05, 0) is 18.4 Å². The Hall–Kier alpha value is -1.63. The normalized spacial score (nSPS) is 12.0. The summed E-state index contributed by atoms with van der Waals surface area (Å²) in [4.78, 5) is 23.4. The van der Waals surface area contributed by atoms with Gasteiger partial charge in [-0.3, -0.25) is 14.9 Å². The van der Waals surface area contributed by atoms with Crippen molar-refractivity contribution in [2.45, 2.75) is 13.0 Å². The fraction of sp³-hybridized carbons (Fsp3) is 0.154. The van der Waals surface area contributed by atoms with Gasteiger partial charge in [0.2, 0.25) is 0 Å². The van der Waals surface area contributed by atoms with Crippen molar-refractivity contribution in [3.63, 3.8) is 0 Å². The number of rotatable bonds is 4. The van der Waals surface area contributed by atoms with Crippen molar-refractivity contribution in [2.75, 3.05) is 0 Å². The lowest BCUT2D eigenvalue weighted by Gasteiger charge is -2.13. The molecule has 0 aliphatic heterocycles. The molecule has 1 N–H and O–H groups in total. The van der Waals surface area contributed by atoms with E-state index >= 15 is 0 Å². The second-order valence-electron chi connectivity index (χ2n) is 4.26. The molecule has 2 aromatic rings. The molecule has 1 heterocycles. The highest BCUT2D eigenvalue weighted by atomic mass is 35.5. The average molecular weight is 345 g/mol. The van der Waals surface area contributed by atoms with E-state index in [1.54, 1.807) is 0 Å². The Morgan fingerprint density at radius 3 is 2.71 bits per heavy atom. The third-order valence-corrected chi connectivity index (χ3v) is 4.64.